The number of carbonyl (C=O) groups excluding carboxylic acids is 1. The lowest BCUT2D eigenvalue weighted by atomic mass is 10.2. The average Bonchev–Trinajstić information content (AvgIpc) is 2.23. The van der Waals surface area contributed by atoms with E-state index in [0.717, 1.165) is 12.2 Å². The third-order valence-electron chi connectivity index (χ3n) is 2.45. The fraction of sp³-hybridized carbons (Fsp3) is 0.923. The first-order valence-electron chi connectivity index (χ1n) is 6.42. The van der Waals surface area contributed by atoms with Crippen molar-refractivity contribution in [2.75, 3.05) is 19.4 Å². The van der Waals surface area contributed by atoms with E-state index in [9.17, 15) is 4.79 Å². The molecule has 0 saturated carbocycles. The molecule has 0 saturated heterocycles. The lowest BCUT2D eigenvalue weighted by molar-refractivity contribution is -0.161. The number of rotatable bonds is 10. The minimum atomic E-state index is 0.356. The third kappa shape index (κ3) is 10.8. The van der Waals surface area contributed by atoms with Crippen LogP contribution in [0.3, 0.4) is 0 Å². The molecule has 0 radical (unpaired) electrons. The first kappa shape index (κ1) is 16.9. The highest BCUT2D eigenvalue weighted by molar-refractivity contribution is 7.99. The van der Waals surface area contributed by atoms with Crippen LogP contribution >= 0.6 is 11.8 Å². The van der Waals surface area contributed by atoms with E-state index < -0.39 is 0 Å². The molecule has 0 unspecified atom stereocenters. The number of Topliss-reactive ketones (excluding diaryl/α,β-unsaturated/α-hetero) is 1. The summed E-state index contributed by atoms with van der Waals surface area (Å²) in [6.45, 7) is 9.11. The van der Waals surface area contributed by atoms with Crippen molar-refractivity contribution in [3.8, 4) is 0 Å². The standard InChI is InChI=1S/C13H27NO2S/c1-11(2)14(5)16-9-6-7-13(15)8-10-17-12(3)4/h11-12H,6-10H2,1-5H3. The van der Waals surface area contributed by atoms with Crippen molar-refractivity contribution < 1.29 is 9.63 Å². The van der Waals surface area contributed by atoms with Crippen molar-refractivity contribution in [1.82, 2.24) is 5.06 Å². The van der Waals surface area contributed by atoms with Crippen LogP contribution in [0.25, 0.3) is 0 Å². The van der Waals surface area contributed by atoms with Crippen LogP contribution in [0.5, 0.6) is 0 Å². The van der Waals surface area contributed by atoms with E-state index in [2.05, 4.69) is 27.7 Å². The van der Waals surface area contributed by atoms with Gasteiger partial charge in [0.1, 0.15) is 5.78 Å². The Labute approximate surface area is 110 Å². The maximum atomic E-state index is 11.5. The van der Waals surface area contributed by atoms with Gasteiger partial charge in [-0.2, -0.15) is 16.8 Å². The normalized spacial score (nSPS) is 11.8. The average molecular weight is 261 g/mol. The Morgan fingerprint density at radius 3 is 2.41 bits per heavy atom. The Morgan fingerprint density at radius 2 is 1.88 bits per heavy atom. The van der Waals surface area contributed by atoms with Crippen molar-refractivity contribution in [2.24, 2.45) is 0 Å². The molecule has 0 aromatic carbocycles. The number of hydrogen-bond acceptors (Lipinski definition) is 4. The maximum Gasteiger partial charge on any atom is 0.133 e. The van der Waals surface area contributed by atoms with Gasteiger partial charge in [0.05, 0.1) is 6.61 Å². The van der Waals surface area contributed by atoms with Gasteiger partial charge in [-0.3, -0.25) is 9.63 Å². The summed E-state index contributed by atoms with van der Waals surface area (Å²) in [6, 6.07) is 0.383. The molecule has 0 aromatic heterocycles. The molecule has 0 aliphatic rings. The molecule has 0 aliphatic heterocycles. The molecule has 0 rings (SSSR count). The van der Waals surface area contributed by atoms with Gasteiger partial charge in [0.2, 0.25) is 0 Å². The zero-order chi connectivity index (χ0) is 13.3. The number of ketones is 1. The Kier molecular flexibility index (Phi) is 9.88. The zero-order valence-corrected chi connectivity index (χ0v) is 12.7. The fourth-order valence-corrected chi connectivity index (χ4v) is 1.98. The molecule has 0 amide bonds. The van der Waals surface area contributed by atoms with E-state index in [1.807, 2.05) is 23.9 Å². The molecule has 0 fully saturated rings. The van der Waals surface area contributed by atoms with Crippen LogP contribution in [0.4, 0.5) is 0 Å². The van der Waals surface area contributed by atoms with Crippen molar-refractivity contribution in [3.63, 3.8) is 0 Å². The molecular weight excluding hydrogens is 234 g/mol. The minimum absolute atomic E-state index is 0.356. The molecule has 0 aromatic rings. The van der Waals surface area contributed by atoms with E-state index >= 15 is 0 Å². The van der Waals surface area contributed by atoms with E-state index in [1.165, 1.54) is 0 Å². The molecule has 0 heterocycles. The molecule has 0 atom stereocenters. The molecule has 0 aliphatic carbocycles. The van der Waals surface area contributed by atoms with Crippen LogP contribution in [-0.4, -0.2) is 41.5 Å². The lowest BCUT2D eigenvalue weighted by Gasteiger charge is -2.20. The summed E-state index contributed by atoms with van der Waals surface area (Å²) < 4.78 is 0. The summed E-state index contributed by atoms with van der Waals surface area (Å²) in [5, 5.41) is 2.45. The first-order chi connectivity index (χ1) is 7.93. The van der Waals surface area contributed by atoms with Crippen LogP contribution < -0.4 is 0 Å². The molecule has 0 N–H and O–H groups in total. The Bertz CT molecular complexity index is 208. The second kappa shape index (κ2) is 9.92. The lowest BCUT2D eigenvalue weighted by Crippen LogP contribution is -2.27. The summed E-state index contributed by atoms with van der Waals surface area (Å²) in [4.78, 5) is 17.0. The summed E-state index contributed by atoms with van der Waals surface area (Å²) >= 11 is 1.85. The van der Waals surface area contributed by atoms with Gasteiger partial charge >= 0.3 is 0 Å². The van der Waals surface area contributed by atoms with Gasteiger partial charge in [-0.1, -0.05) is 13.8 Å². The van der Waals surface area contributed by atoms with Crippen LogP contribution in [0.2, 0.25) is 0 Å². The van der Waals surface area contributed by atoms with Gasteiger partial charge < -0.3 is 0 Å². The summed E-state index contributed by atoms with van der Waals surface area (Å²) in [5.41, 5.74) is 0. The number of carbonyl (C=O) groups is 1. The quantitative estimate of drug-likeness (QED) is 0.446. The monoisotopic (exact) mass is 261 g/mol. The Morgan fingerprint density at radius 1 is 1.24 bits per heavy atom. The number of thioether (sulfide) groups is 1. The molecular formula is C13H27NO2S. The highest BCUT2D eigenvalue weighted by atomic mass is 32.2. The largest absolute Gasteiger partial charge is 0.300 e. The molecule has 102 valence electrons. The molecule has 4 heteroatoms. The Hall–Kier alpha value is -0.0600. The fourth-order valence-electron chi connectivity index (χ4n) is 1.16. The van der Waals surface area contributed by atoms with Gasteiger partial charge in [-0.05, 0) is 25.5 Å². The maximum absolute atomic E-state index is 11.5. The van der Waals surface area contributed by atoms with Crippen LogP contribution in [-0.2, 0) is 9.63 Å². The van der Waals surface area contributed by atoms with Gasteiger partial charge in [-0.15, -0.1) is 0 Å². The highest BCUT2D eigenvalue weighted by Gasteiger charge is 2.05. The minimum Gasteiger partial charge on any atom is -0.300 e. The van der Waals surface area contributed by atoms with Crippen molar-refractivity contribution in [3.05, 3.63) is 0 Å². The first-order valence-corrected chi connectivity index (χ1v) is 7.47. The van der Waals surface area contributed by atoms with Crippen LogP contribution in [0.1, 0.15) is 47.0 Å². The number of hydroxylamine groups is 2. The van der Waals surface area contributed by atoms with Crippen molar-refractivity contribution in [2.45, 2.75) is 58.2 Å². The van der Waals surface area contributed by atoms with Crippen LogP contribution in [0, 0.1) is 0 Å². The highest BCUT2D eigenvalue weighted by Crippen LogP contribution is 2.11. The predicted molar refractivity (Wildman–Crippen MR) is 75.3 cm³/mol. The van der Waals surface area contributed by atoms with Crippen molar-refractivity contribution >= 4 is 17.5 Å². The molecule has 17 heavy (non-hydrogen) atoms. The van der Waals surface area contributed by atoms with E-state index in [1.54, 1.807) is 0 Å². The summed E-state index contributed by atoms with van der Waals surface area (Å²) in [5.74, 6) is 1.30. The third-order valence-corrected chi connectivity index (χ3v) is 3.56. The van der Waals surface area contributed by atoms with Gasteiger partial charge in [0.15, 0.2) is 0 Å². The predicted octanol–water partition coefficient (Wildman–Crippen LogP) is 3.14. The number of hydrogen-bond donors (Lipinski definition) is 0. The topological polar surface area (TPSA) is 29.5 Å². The molecule has 0 spiro atoms. The van der Waals surface area contributed by atoms with E-state index in [-0.39, 0.29) is 0 Å². The smallest absolute Gasteiger partial charge is 0.133 e. The number of nitrogens with zero attached hydrogens (tertiary/aromatic N) is 1. The summed E-state index contributed by atoms with van der Waals surface area (Å²) in [7, 11) is 1.92. The second-order valence-corrected chi connectivity index (χ2v) is 6.47. The zero-order valence-electron chi connectivity index (χ0n) is 11.9. The molecule has 0 bridgehead atoms. The van der Waals surface area contributed by atoms with E-state index in [0.29, 0.717) is 36.5 Å². The van der Waals surface area contributed by atoms with Crippen LogP contribution in [0.15, 0.2) is 0 Å². The SMILES string of the molecule is CC(C)SCCC(=O)CCCON(C)C(C)C. The van der Waals surface area contributed by atoms with Crippen molar-refractivity contribution in [1.29, 1.82) is 0 Å². The molecule has 3 nitrogen and oxygen atoms in total. The summed E-state index contributed by atoms with van der Waals surface area (Å²) in [6.07, 6.45) is 2.16. The van der Waals surface area contributed by atoms with Gasteiger partial charge in [-0.25, -0.2) is 0 Å². The van der Waals surface area contributed by atoms with E-state index in [4.69, 9.17) is 4.84 Å². The van der Waals surface area contributed by atoms with Gasteiger partial charge in [0, 0.05) is 31.7 Å². The Balaban J connectivity index is 3.39. The van der Waals surface area contributed by atoms with Gasteiger partial charge in [0.25, 0.3) is 0 Å². The second-order valence-electron chi connectivity index (χ2n) is 4.78.